The van der Waals surface area contributed by atoms with E-state index in [0.717, 1.165) is 19.4 Å². The van der Waals surface area contributed by atoms with Crippen LogP contribution in [-0.2, 0) is 11.3 Å². The molecule has 102 valence electrons. The van der Waals surface area contributed by atoms with Crippen molar-refractivity contribution in [2.24, 2.45) is 0 Å². The Morgan fingerprint density at radius 2 is 2.11 bits per heavy atom. The molecule has 18 heavy (non-hydrogen) atoms. The van der Waals surface area contributed by atoms with Crippen LogP contribution in [0.5, 0.6) is 0 Å². The first-order valence-electron chi connectivity index (χ1n) is 6.65. The van der Waals surface area contributed by atoms with Gasteiger partial charge in [0.2, 0.25) is 5.91 Å². The van der Waals surface area contributed by atoms with Crippen molar-refractivity contribution in [3.63, 3.8) is 0 Å². The quantitative estimate of drug-likeness (QED) is 0.730. The molecule has 2 N–H and O–H groups in total. The minimum Gasteiger partial charge on any atom is -0.352 e. The lowest BCUT2D eigenvalue weighted by Gasteiger charge is -2.17. The molecule has 1 heterocycles. The van der Waals surface area contributed by atoms with Crippen molar-refractivity contribution in [1.29, 1.82) is 0 Å². The van der Waals surface area contributed by atoms with E-state index in [0.29, 0.717) is 12.6 Å². The van der Waals surface area contributed by atoms with Crippen LogP contribution in [-0.4, -0.2) is 34.3 Å². The first-order valence-corrected chi connectivity index (χ1v) is 6.65. The average Bonchev–Trinajstić information content (AvgIpc) is 2.86. The zero-order chi connectivity index (χ0) is 13.4. The maximum atomic E-state index is 11.7. The summed E-state index contributed by atoms with van der Waals surface area (Å²) in [7, 11) is 0. The number of hydrogen-bond donors (Lipinski definition) is 2. The Bertz CT molecular complexity index is 333. The highest BCUT2D eigenvalue weighted by Crippen LogP contribution is 1.95. The molecule has 1 aromatic heterocycles. The Morgan fingerprint density at radius 1 is 1.39 bits per heavy atom. The van der Waals surface area contributed by atoms with Crippen LogP contribution in [0.15, 0.2) is 18.5 Å². The van der Waals surface area contributed by atoms with Gasteiger partial charge in [-0.2, -0.15) is 5.10 Å². The van der Waals surface area contributed by atoms with Gasteiger partial charge < -0.3 is 10.6 Å². The summed E-state index contributed by atoms with van der Waals surface area (Å²) in [6, 6.07) is 2.41. The van der Waals surface area contributed by atoms with Crippen LogP contribution in [0, 0.1) is 0 Å². The number of amides is 1. The molecule has 0 aliphatic carbocycles. The molecule has 1 atom stereocenters. The van der Waals surface area contributed by atoms with Crippen LogP contribution in [0.1, 0.15) is 33.6 Å². The number of nitrogens with one attached hydrogen (secondary N) is 2. The second kappa shape index (κ2) is 7.87. The molecule has 0 bridgehead atoms. The Kier molecular flexibility index (Phi) is 6.43. The molecule has 0 spiro atoms. The summed E-state index contributed by atoms with van der Waals surface area (Å²) in [5, 5.41) is 10.3. The van der Waals surface area contributed by atoms with Crippen molar-refractivity contribution in [1.82, 2.24) is 20.4 Å². The monoisotopic (exact) mass is 252 g/mol. The van der Waals surface area contributed by atoms with E-state index in [1.165, 1.54) is 0 Å². The molecule has 0 saturated carbocycles. The smallest absolute Gasteiger partial charge is 0.234 e. The second-order valence-electron chi connectivity index (χ2n) is 4.59. The standard InChI is InChI=1S/C13H24N4O/c1-4-12(5-2)16-13(18)9-14-11(3)10-17-8-6-7-15-17/h6-8,11-12,14H,4-5,9-10H2,1-3H3,(H,16,18). The third-order valence-electron chi connectivity index (χ3n) is 2.98. The zero-order valence-electron chi connectivity index (χ0n) is 11.5. The third-order valence-corrected chi connectivity index (χ3v) is 2.98. The summed E-state index contributed by atoms with van der Waals surface area (Å²) >= 11 is 0. The third kappa shape index (κ3) is 5.31. The number of hydrogen-bond acceptors (Lipinski definition) is 3. The Balaban J connectivity index is 2.21. The molecule has 1 aromatic rings. The second-order valence-corrected chi connectivity index (χ2v) is 4.59. The van der Waals surface area contributed by atoms with Crippen molar-refractivity contribution in [2.75, 3.05) is 6.54 Å². The van der Waals surface area contributed by atoms with Crippen LogP contribution in [0.25, 0.3) is 0 Å². The molecule has 5 nitrogen and oxygen atoms in total. The molecule has 0 fully saturated rings. The van der Waals surface area contributed by atoms with Gasteiger partial charge in [-0.05, 0) is 25.8 Å². The van der Waals surface area contributed by atoms with Crippen molar-refractivity contribution < 1.29 is 4.79 Å². The van der Waals surface area contributed by atoms with Gasteiger partial charge in [0.15, 0.2) is 0 Å². The van der Waals surface area contributed by atoms with Crippen molar-refractivity contribution in [2.45, 2.75) is 52.2 Å². The topological polar surface area (TPSA) is 59.0 Å². The number of carbonyl (C=O) groups excluding carboxylic acids is 1. The van der Waals surface area contributed by atoms with Crippen molar-refractivity contribution in [3.05, 3.63) is 18.5 Å². The van der Waals surface area contributed by atoms with Gasteiger partial charge in [-0.3, -0.25) is 9.48 Å². The fraction of sp³-hybridized carbons (Fsp3) is 0.692. The Hall–Kier alpha value is -1.36. The van der Waals surface area contributed by atoms with E-state index < -0.39 is 0 Å². The van der Waals surface area contributed by atoms with Gasteiger partial charge >= 0.3 is 0 Å². The molecule has 0 aromatic carbocycles. The van der Waals surface area contributed by atoms with E-state index >= 15 is 0 Å². The molecule has 1 amide bonds. The summed E-state index contributed by atoms with van der Waals surface area (Å²) in [6.45, 7) is 7.35. The van der Waals surface area contributed by atoms with E-state index in [2.05, 4.69) is 29.6 Å². The summed E-state index contributed by atoms with van der Waals surface area (Å²) in [6.07, 6.45) is 5.63. The largest absolute Gasteiger partial charge is 0.352 e. The summed E-state index contributed by atoms with van der Waals surface area (Å²) in [5.41, 5.74) is 0. The Labute approximate surface area is 109 Å². The van der Waals surface area contributed by atoms with Gasteiger partial charge in [0.25, 0.3) is 0 Å². The first-order chi connectivity index (χ1) is 8.65. The summed E-state index contributed by atoms with van der Waals surface area (Å²) in [5.74, 6) is 0.0658. The van der Waals surface area contributed by atoms with Gasteiger partial charge in [0, 0.05) is 24.5 Å². The SMILES string of the molecule is CCC(CC)NC(=O)CNC(C)Cn1cccn1. The molecule has 0 radical (unpaired) electrons. The van der Waals surface area contributed by atoms with E-state index in [-0.39, 0.29) is 11.9 Å². The number of aromatic nitrogens is 2. The normalized spacial score (nSPS) is 12.7. The number of carbonyl (C=O) groups is 1. The number of nitrogens with zero attached hydrogens (tertiary/aromatic N) is 2. The van der Waals surface area contributed by atoms with Crippen molar-refractivity contribution >= 4 is 5.91 Å². The van der Waals surface area contributed by atoms with E-state index in [1.807, 2.05) is 23.9 Å². The maximum Gasteiger partial charge on any atom is 0.234 e. The van der Waals surface area contributed by atoms with Crippen molar-refractivity contribution in [3.8, 4) is 0 Å². The summed E-state index contributed by atoms with van der Waals surface area (Å²) in [4.78, 5) is 11.7. The molecule has 0 saturated heterocycles. The number of rotatable bonds is 8. The first kappa shape index (κ1) is 14.7. The molecular weight excluding hydrogens is 228 g/mol. The highest BCUT2D eigenvalue weighted by molar-refractivity contribution is 5.78. The predicted molar refractivity (Wildman–Crippen MR) is 72.2 cm³/mol. The molecule has 1 rings (SSSR count). The average molecular weight is 252 g/mol. The van der Waals surface area contributed by atoms with Crippen LogP contribution in [0.3, 0.4) is 0 Å². The molecule has 5 heteroatoms. The highest BCUT2D eigenvalue weighted by atomic mass is 16.1. The molecule has 0 aliphatic heterocycles. The van der Waals surface area contributed by atoms with Crippen LogP contribution >= 0.6 is 0 Å². The minimum absolute atomic E-state index is 0.0658. The Morgan fingerprint density at radius 3 is 2.67 bits per heavy atom. The summed E-state index contributed by atoms with van der Waals surface area (Å²) < 4.78 is 1.86. The van der Waals surface area contributed by atoms with E-state index in [1.54, 1.807) is 6.20 Å². The van der Waals surface area contributed by atoms with Gasteiger partial charge in [-0.25, -0.2) is 0 Å². The van der Waals surface area contributed by atoms with Gasteiger partial charge in [-0.1, -0.05) is 13.8 Å². The van der Waals surface area contributed by atoms with Gasteiger partial charge in [-0.15, -0.1) is 0 Å². The predicted octanol–water partition coefficient (Wildman–Crippen LogP) is 1.17. The lowest BCUT2D eigenvalue weighted by atomic mass is 10.2. The fourth-order valence-corrected chi connectivity index (χ4v) is 1.79. The molecule has 0 aliphatic rings. The van der Waals surface area contributed by atoms with E-state index in [9.17, 15) is 4.79 Å². The lowest BCUT2D eigenvalue weighted by Crippen LogP contribution is -2.43. The maximum absolute atomic E-state index is 11.7. The van der Waals surface area contributed by atoms with Crippen LogP contribution in [0.2, 0.25) is 0 Å². The fourth-order valence-electron chi connectivity index (χ4n) is 1.79. The molecular formula is C13H24N4O. The minimum atomic E-state index is 0.0658. The van der Waals surface area contributed by atoms with Gasteiger partial charge in [0.05, 0.1) is 13.1 Å². The highest BCUT2D eigenvalue weighted by Gasteiger charge is 2.09. The van der Waals surface area contributed by atoms with E-state index in [4.69, 9.17) is 0 Å². The van der Waals surface area contributed by atoms with Crippen LogP contribution in [0.4, 0.5) is 0 Å². The lowest BCUT2D eigenvalue weighted by molar-refractivity contribution is -0.121. The van der Waals surface area contributed by atoms with Gasteiger partial charge in [0.1, 0.15) is 0 Å². The zero-order valence-corrected chi connectivity index (χ0v) is 11.5. The van der Waals surface area contributed by atoms with Crippen LogP contribution < -0.4 is 10.6 Å². The molecule has 1 unspecified atom stereocenters.